The molecule has 1 aliphatic rings. The molecule has 2 aromatic heterocycles. The van der Waals surface area contributed by atoms with Crippen LogP contribution in [0.25, 0.3) is 22.5 Å². The Morgan fingerprint density at radius 3 is 2.17 bits per heavy atom. The number of esters is 1. The van der Waals surface area contributed by atoms with Crippen molar-refractivity contribution in [2.45, 2.75) is 77.4 Å². The molecule has 1 aromatic carbocycles. The van der Waals surface area contributed by atoms with E-state index >= 15 is 0 Å². The molecule has 0 bridgehead atoms. The quantitative estimate of drug-likeness (QED) is 0.112. The first-order valence-electron chi connectivity index (χ1n) is 13.1. The van der Waals surface area contributed by atoms with Crippen molar-refractivity contribution < 1.29 is 19.0 Å². The Bertz CT molecular complexity index is 1090. The number of benzene rings is 1. The van der Waals surface area contributed by atoms with Crippen LogP contribution in [0.3, 0.4) is 0 Å². The van der Waals surface area contributed by atoms with Crippen LogP contribution in [-0.4, -0.2) is 39.7 Å². The largest absolute Gasteiger partial charge is 0.478 e. The zero-order valence-electron chi connectivity index (χ0n) is 21.2. The highest BCUT2D eigenvalue weighted by atomic mass is 16.6. The summed E-state index contributed by atoms with van der Waals surface area (Å²) in [5.41, 5.74) is 3.24. The second kappa shape index (κ2) is 13.1. The van der Waals surface area contributed by atoms with Crippen molar-refractivity contribution in [3.05, 3.63) is 55.0 Å². The molecule has 7 heteroatoms. The van der Waals surface area contributed by atoms with Crippen LogP contribution in [0.2, 0.25) is 0 Å². The van der Waals surface area contributed by atoms with Crippen LogP contribution in [0.15, 0.2) is 55.0 Å². The smallest absolute Gasteiger partial charge is 0.343 e. The van der Waals surface area contributed by atoms with E-state index in [1.54, 1.807) is 30.7 Å². The maximum atomic E-state index is 12.1. The summed E-state index contributed by atoms with van der Waals surface area (Å²) < 4.78 is 16.6. The zero-order chi connectivity index (χ0) is 25.2. The Morgan fingerprint density at radius 2 is 1.50 bits per heavy atom. The van der Waals surface area contributed by atoms with Gasteiger partial charge in [0.15, 0.2) is 6.10 Å². The molecule has 36 heavy (non-hydrogen) atoms. The fourth-order valence-corrected chi connectivity index (χ4v) is 4.02. The molecular weight excluding hydrogens is 454 g/mol. The Labute approximate surface area is 213 Å². The molecule has 0 aliphatic carbocycles. The maximum absolute atomic E-state index is 12.1. The third-order valence-electron chi connectivity index (χ3n) is 6.19. The van der Waals surface area contributed by atoms with Gasteiger partial charge in [-0.2, -0.15) is 0 Å². The lowest BCUT2D eigenvalue weighted by atomic mass is 10.1. The standard InChI is InChI=1S/C29H35N3O4/c1-3-5-6-7-8-9-17-34-27-16-13-22(18-32-27)25-20-30-24(19-31-25)21-11-14-23(15-12-21)35-29(33)28-26(36-28)10-4-2/h11-16,18-20,26,28H,3-10,17H2,1-2H3/t26-,28-/m1/s1. The molecule has 1 aliphatic heterocycles. The van der Waals surface area contributed by atoms with Crippen LogP contribution in [0.1, 0.15) is 65.2 Å². The van der Waals surface area contributed by atoms with Crippen molar-refractivity contribution in [3.63, 3.8) is 0 Å². The maximum Gasteiger partial charge on any atom is 0.343 e. The van der Waals surface area contributed by atoms with Gasteiger partial charge in [0.1, 0.15) is 5.75 Å². The molecule has 4 rings (SSSR count). The predicted molar refractivity (Wildman–Crippen MR) is 139 cm³/mol. The molecule has 7 nitrogen and oxygen atoms in total. The number of hydrogen-bond acceptors (Lipinski definition) is 7. The first kappa shape index (κ1) is 25.8. The summed E-state index contributed by atoms with van der Waals surface area (Å²) in [7, 11) is 0. The number of unbranched alkanes of at least 4 members (excludes halogenated alkanes) is 5. The Balaban J connectivity index is 1.25. The Hall–Kier alpha value is -3.32. The van der Waals surface area contributed by atoms with Gasteiger partial charge in [-0.15, -0.1) is 0 Å². The summed E-state index contributed by atoms with van der Waals surface area (Å²) in [6.07, 6.45) is 14.1. The zero-order valence-corrected chi connectivity index (χ0v) is 21.2. The predicted octanol–water partition coefficient (Wildman–Crippen LogP) is 6.42. The number of nitrogens with zero attached hydrogens (tertiary/aromatic N) is 3. The van der Waals surface area contributed by atoms with E-state index in [1.165, 1.54) is 32.1 Å². The number of carbonyl (C=O) groups excluding carboxylic acids is 1. The van der Waals surface area contributed by atoms with Crippen LogP contribution in [0.4, 0.5) is 0 Å². The monoisotopic (exact) mass is 489 g/mol. The normalized spacial score (nSPS) is 16.5. The topological polar surface area (TPSA) is 86.7 Å². The van der Waals surface area contributed by atoms with Gasteiger partial charge in [-0.25, -0.2) is 9.78 Å². The third kappa shape index (κ3) is 7.34. The van der Waals surface area contributed by atoms with Gasteiger partial charge in [0, 0.05) is 23.4 Å². The van der Waals surface area contributed by atoms with Gasteiger partial charge < -0.3 is 14.2 Å². The number of pyridine rings is 1. The second-order valence-corrected chi connectivity index (χ2v) is 9.12. The number of hydrogen-bond donors (Lipinski definition) is 0. The van der Waals surface area contributed by atoms with Crippen molar-refractivity contribution in [3.8, 4) is 34.1 Å². The number of aromatic nitrogens is 3. The van der Waals surface area contributed by atoms with Gasteiger partial charge in [-0.3, -0.25) is 9.97 Å². The number of carbonyl (C=O) groups is 1. The number of rotatable bonds is 14. The van der Waals surface area contributed by atoms with Gasteiger partial charge in [0.25, 0.3) is 0 Å². The molecule has 190 valence electrons. The van der Waals surface area contributed by atoms with E-state index in [9.17, 15) is 4.79 Å². The van der Waals surface area contributed by atoms with Crippen LogP contribution in [0.5, 0.6) is 11.6 Å². The summed E-state index contributed by atoms with van der Waals surface area (Å²) in [5, 5.41) is 0. The first-order valence-corrected chi connectivity index (χ1v) is 13.1. The minimum absolute atomic E-state index is 0.000373. The molecule has 0 amide bonds. The van der Waals surface area contributed by atoms with Crippen molar-refractivity contribution in [1.82, 2.24) is 15.0 Å². The van der Waals surface area contributed by atoms with Crippen molar-refractivity contribution in [2.24, 2.45) is 0 Å². The van der Waals surface area contributed by atoms with Gasteiger partial charge in [0.2, 0.25) is 5.88 Å². The van der Waals surface area contributed by atoms with E-state index in [0.717, 1.165) is 41.8 Å². The average Bonchev–Trinajstić information content (AvgIpc) is 3.69. The molecule has 0 N–H and O–H groups in total. The average molecular weight is 490 g/mol. The van der Waals surface area contributed by atoms with Gasteiger partial charge in [-0.1, -0.05) is 52.4 Å². The van der Waals surface area contributed by atoms with E-state index in [-0.39, 0.29) is 12.1 Å². The van der Waals surface area contributed by atoms with E-state index in [4.69, 9.17) is 14.2 Å². The van der Waals surface area contributed by atoms with Gasteiger partial charge >= 0.3 is 5.97 Å². The van der Waals surface area contributed by atoms with E-state index in [2.05, 4.69) is 28.8 Å². The van der Waals surface area contributed by atoms with Crippen LogP contribution >= 0.6 is 0 Å². The molecule has 0 unspecified atom stereocenters. The summed E-state index contributed by atoms with van der Waals surface area (Å²) in [4.78, 5) is 25.6. The van der Waals surface area contributed by atoms with Crippen LogP contribution in [0, 0.1) is 0 Å². The summed E-state index contributed by atoms with van der Waals surface area (Å²) >= 11 is 0. The summed E-state index contributed by atoms with van der Waals surface area (Å²) in [6.45, 7) is 4.99. The Kier molecular flexibility index (Phi) is 9.39. The molecule has 0 spiro atoms. The summed E-state index contributed by atoms with van der Waals surface area (Å²) in [6, 6.07) is 11.1. The molecule has 1 saturated heterocycles. The highest BCUT2D eigenvalue weighted by Gasteiger charge is 2.45. The number of epoxide rings is 1. The molecule has 2 atom stereocenters. The molecule has 3 aromatic rings. The van der Waals surface area contributed by atoms with Gasteiger partial charge in [-0.05, 0) is 43.2 Å². The van der Waals surface area contributed by atoms with E-state index in [0.29, 0.717) is 18.2 Å². The Morgan fingerprint density at radius 1 is 0.806 bits per heavy atom. The van der Waals surface area contributed by atoms with Crippen molar-refractivity contribution in [1.29, 1.82) is 0 Å². The fraction of sp³-hybridized carbons (Fsp3) is 0.448. The SMILES string of the molecule is CCCCCCCCOc1ccc(-c2cnc(-c3ccc(OC(=O)[C@@H]4O[C@@H]4CCC)cc3)cn2)cn1. The van der Waals surface area contributed by atoms with E-state index in [1.807, 2.05) is 24.3 Å². The lowest BCUT2D eigenvalue weighted by Crippen LogP contribution is -2.17. The lowest BCUT2D eigenvalue weighted by Gasteiger charge is -2.07. The third-order valence-corrected chi connectivity index (χ3v) is 6.19. The summed E-state index contributed by atoms with van der Waals surface area (Å²) in [5.74, 6) is 0.786. The van der Waals surface area contributed by atoms with E-state index < -0.39 is 6.10 Å². The first-order chi connectivity index (χ1) is 17.7. The molecule has 0 saturated carbocycles. The lowest BCUT2D eigenvalue weighted by molar-refractivity contribution is -0.135. The van der Waals surface area contributed by atoms with Crippen molar-refractivity contribution >= 4 is 5.97 Å². The molecule has 1 fully saturated rings. The second-order valence-electron chi connectivity index (χ2n) is 9.12. The van der Waals surface area contributed by atoms with Crippen molar-refractivity contribution in [2.75, 3.05) is 6.61 Å². The number of ether oxygens (including phenoxy) is 3. The molecule has 3 heterocycles. The van der Waals surface area contributed by atoms with Crippen LogP contribution < -0.4 is 9.47 Å². The highest BCUT2D eigenvalue weighted by Crippen LogP contribution is 2.29. The van der Waals surface area contributed by atoms with Crippen LogP contribution in [-0.2, 0) is 9.53 Å². The van der Waals surface area contributed by atoms with Gasteiger partial charge in [0.05, 0.1) is 36.5 Å². The highest BCUT2D eigenvalue weighted by molar-refractivity contribution is 5.80. The fourth-order valence-electron chi connectivity index (χ4n) is 4.02. The molecular formula is C29H35N3O4. The molecule has 0 radical (unpaired) electrons. The minimum atomic E-state index is -0.432. The minimum Gasteiger partial charge on any atom is -0.478 e.